The number of thioether (sulfide) groups is 1. The van der Waals surface area contributed by atoms with Crippen molar-refractivity contribution in [2.45, 2.75) is 17.8 Å². The lowest BCUT2D eigenvalue weighted by Gasteiger charge is -2.03. The minimum atomic E-state index is -0.425. The Morgan fingerprint density at radius 3 is 2.64 bits per heavy atom. The third-order valence-corrected chi connectivity index (χ3v) is 4.41. The van der Waals surface area contributed by atoms with E-state index in [2.05, 4.69) is 15.3 Å². The van der Waals surface area contributed by atoms with Crippen molar-refractivity contribution in [2.24, 2.45) is 5.10 Å². The molecule has 1 aromatic heterocycles. The van der Waals surface area contributed by atoms with Crippen LogP contribution in [0.25, 0.3) is 0 Å². The molecule has 0 bridgehead atoms. The van der Waals surface area contributed by atoms with Crippen LogP contribution < -0.4 is 0 Å². The van der Waals surface area contributed by atoms with Crippen LogP contribution in [-0.2, 0) is 5.75 Å². The Morgan fingerprint density at radius 2 is 1.88 bits per heavy atom. The van der Waals surface area contributed by atoms with Crippen LogP contribution in [0, 0.1) is 17.0 Å². The molecular weight excluding hydrogens is 338 g/mol. The molecule has 0 N–H and O–H groups in total. The van der Waals surface area contributed by atoms with Gasteiger partial charge in [-0.25, -0.2) is 0 Å². The molecule has 0 aliphatic rings. The van der Waals surface area contributed by atoms with Gasteiger partial charge < -0.3 is 0 Å². The summed E-state index contributed by atoms with van der Waals surface area (Å²) in [6.45, 7) is 1.79. The number of nitrogens with zero attached hydrogens (tertiary/aromatic N) is 5. The van der Waals surface area contributed by atoms with Gasteiger partial charge in [0.2, 0.25) is 5.16 Å². The van der Waals surface area contributed by atoms with Crippen LogP contribution in [0.15, 0.2) is 64.9 Å². The summed E-state index contributed by atoms with van der Waals surface area (Å²) in [6, 6.07) is 16.5. The van der Waals surface area contributed by atoms with Crippen molar-refractivity contribution in [1.82, 2.24) is 14.9 Å². The number of hydrogen-bond acceptors (Lipinski definition) is 6. The van der Waals surface area contributed by atoms with Gasteiger partial charge in [-0.05, 0) is 18.6 Å². The Bertz CT molecular complexity index is 908. The quantitative estimate of drug-likeness (QED) is 0.292. The van der Waals surface area contributed by atoms with E-state index >= 15 is 0 Å². The minimum absolute atomic E-state index is 0.00969. The summed E-state index contributed by atoms with van der Waals surface area (Å²) >= 11 is 1.51. The van der Waals surface area contributed by atoms with Crippen molar-refractivity contribution in [3.63, 3.8) is 0 Å². The van der Waals surface area contributed by atoms with Crippen molar-refractivity contribution in [1.29, 1.82) is 0 Å². The number of para-hydroxylation sites is 1. The smallest absolute Gasteiger partial charge is 0.258 e. The SMILES string of the molecule is Cc1nnc(SCc2ccccc2)n1/N=C/c1ccccc1[N+](=O)[O-]. The Balaban J connectivity index is 1.81. The molecule has 25 heavy (non-hydrogen) atoms. The van der Waals surface area contributed by atoms with Gasteiger partial charge in [0.05, 0.1) is 16.7 Å². The molecule has 0 atom stereocenters. The van der Waals surface area contributed by atoms with Crippen molar-refractivity contribution >= 4 is 23.7 Å². The molecule has 0 aliphatic heterocycles. The zero-order chi connectivity index (χ0) is 17.6. The van der Waals surface area contributed by atoms with Crippen LogP contribution in [0.4, 0.5) is 5.69 Å². The van der Waals surface area contributed by atoms with E-state index in [-0.39, 0.29) is 5.69 Å². The van der Waals surface area contributed by atoms with Gasteiger partial charge in [0.15, 0.2) is 5.82 Å². The second-order valence-electron chi connectivity index (χ2n) is 5.18. The van der Waals surface area contributed by atoms with Gasteiger partial charge in [0.25, 0.3) is 5.69 Å². The van der Waals surface area contributed by atoms with Gasteiger partial charge in [-0.3, -0.25) is 10.1 Å². The van der Waals surface area contributed by atoms with Gasteiger partial charge in [0, 0.05) is 11.8 Å². The highest BCUT2D eigenvalue weighted by Crippen LogP contribution is 2.22. The van der Waals surface area contributed by atoms with E-state index in [1.165, 1.54) is 29.6 Å². The fourth-order valence-corrected chi connectivity index (χ4v) is 3.05. The molecule has 0 aliphatic carbocycles. The summed E-state index contributed by atoms with van der Waals surface area (Å²) in [5.41, 5.74) is 1.61. The molecule has 3 rings (SSSR count). The maximum atomic E-state index is 11.1. The zero-order valence-electron chi connectivity index (χ0n) is 13.4. The number of hydrogen-bond donors (Lipinski definition) is 0. The lowest BCUT2D eigenvalue weighted by molar-refractivity contribution is -0.385. The third kappa shape index (κ3) is 4.10. The van der Waals surface area contributed by atoms with Crippen LogP contribution in [0.1, 0.15) is 17.0 Å². The number of aromatic nitrogens is 3. The second-order valence-corrected chi connectivity index (χ2v) is 6.12. The maximum Gasteiger partial charge on any atom is 0.278 e. The molecule has 0 radical (unpaired) electrons. The lowest BCUT2D eigenvalue weighted by Crippen LogP contribution is -1.98. The van der Waals surface area contributed by atoms with Crippen LogP contribution >= 0.6 is 11.8 Å². The van der Waals surface area contributed by atoms with Crippen molar-refractivity contribution in [3.8, 4) is 0 Å². The number of aryl methyl sites for hydroxylation is 1. The van der Waals surface area contributed by atoms with Gasteiger partial charge in [-0.15, -0.1) is 10.2 Å². The summed E-state index contributed by atoms with van der Waals surface area (Å²) in [5, 5.41) is 24.2. The molecule has 0 unspecified atom stereocenters. The first-order chi connectivity index (χ1) is 12.1. The second kappa shape index (κ2) is 7.71. The fourth-order valence-electron chi connectivity index (χ4n) is 2.17. The Kier molecular flexibility index (Phi) is 5.20. The minimum Gasteiger partial charge on any atom is -0.258 e. The summed E-state index contributed by atoms with van der Waals surface area (Å²) in [7, 11) is 0. The summed E-state index contributed by atoms with van der Waals surface area (Å²) < 4.78 is 1.59. The predicted octanol–water partition coefficient (Wildman–Crippen LogP) is 3.67. The molecule has 0 saturated heterocycles. The molecular formula is C17H15N5O2S. The van der Waals surface area contributed by atoms with E-state index in [9.17, 15) is 10.1 Å². The molecule has 2 aromatic carbocycles. The zero-order valence-corrected chi connectivity index (χ0v) is 14.3. The van der Waals surface area contributed by atoms with Crippen molar-refractivity contribution in [2.75, 3.05) is 0 Å². The Labute approximate surface area is 148 Å². The van der Waals surface area contributed by atoms with E-state index in [0.717, 1.165) is 5.75 Å². The topological polar surface area (TPSA) is 86.2 Å². The molecule has 8 heteroatoms. The standard InChI is InChI=1S/C17H15N5O2S/c1-13-19-20-17(25-12-14-7-3-2-4-8-14)21(13)18-11-15-9-5-6-10-16(15)22(23)24/h2-11H,12H2,1H3/b18-11+. The van der Waals surface area contributed by atoms with Crippen molar-refractivity contribution in [3.05, 3.63) is 81.7 Å². The molecule has 126 valence electrons. The average Bonchev–Trinajstić information content (AvgIpc) is 2.99. The Morgan fingerprint density at radius 1 is 1.16 bits per heavy atom. The summed E-state index contributed by atoms with van der Waals surface area (Å²) in [4.78, 5) is 10.7. The third-order valence-electron chi connectivity index (χ3n) is 3.42. The largest absolute Gasteiger partial charge is 0.278 e. The van der Waals surface area contributed by atoms with Gasteiger partial charge in [-0.1, -0.05) is 54.2 Å². The first-order valence-electron chi connectivity index (χ1n) is 7.51. The molecule has 0 fully saturated rings. The van der Waals surface area contributed by atoms with Gasteiger partial charge >= 0.3 is 0 Å². The van der Waals surface area contributed by atoms with E-state index in [1.54, 1.807) is 29.8 Å². The molecule has 1 heterocycles. The average molecular weight is 353 g/mol. The maximum absolute atomic E-state index is 11.1. The normalized spacial score (nSPS) is 11.1. The number of rotatable bonds is 6. The lowest BCUT2D eigenvalue weighted by atomic mass is 10.2. The highest BCUT2D eigenvalue weighted by atomic mass is 32.2. The molecule has 7 nitrogen and oxygen atoms in total. The van der Waals surface area contributed by atoms with E-state index < -0.39 is 4.92 Å². The highest BCUT2D eigenvalue weighted by Gasteiger charge is 2.12. The molecule has 0 amide bonds. The summed E-state index contributed by atoms with van der Waals surface area (Å²) in [6.07, 6.45) is 1.46. The fraction of sp³-hybridized carbons (Fsp3) is 0.118. The van der Waals surface area contributed by atoms with E-state index in [1.807, 2.05) is 30.3 Å². The van der Waals surface area contributed by atoms with Gasteiger partial charge in [-0.2, -0.15) is 9.78 Å². The Hall–Kier alpha value is -3.00. The molecule has 0 saturated carbocycles. The van der Waals surface area contributed by atoms with Crippen molar-refractivity contribution < 1.29 is 4.92 Å². The number of nitro benzene ring substituents is 1. The first kappa shape index (κ1) is 16.8. The van der Waals surface area contributed by atoms with Crippen LogP contribution in [0.5, 0.6) is 0 Å². The van der Waals surface area contributed by atoms with Crippen LogP contribution in [0.3, 0.4) is 0 Å². The first-order valence-corrected chi connectivity index (χ1v) is 8.50. The molecule has 3 aromatic rings. The van der Waals surface area contributed by atoms with Gasteiger partial charge in [0.1, 0.15) is 0 Å². The van der Waals surface area contributed by atoms with E-state index in [4.69, 9.17) is 0 Å². The number of nitro groups is 1. The summed E-state index contributed by atoms with van der Waals surface area (Å²) in [5.74, 6) is 1.35. The predicted molar refractivity (Wildman–Crippen MR) is 96.9 cm³/mol. The molecule has 0 spiro atoms. The monoisotopic (exact) mass is 353 g/mol. The van der Waals surface area contributed by atoms with Crippen LogP contribution in [0.2, 0.25) is 0 Å². The van der Waals surface area contributed by atoms with E-state index in [0.29, 0.717) is 16.5 Å². The van der Waals surface area contributed by atoms with Crippen LogP contribution in [-0.4, -0.2) is 26.0 Å². The highest BCUT2D eigenvalue weighted by molar-refractivity contribution is 7.98. The number of benzene rings is 2.